The van der Waals surface area contributed by atoms with Crippen molar-refractivity contribution in [3.8, 4) is 0 Å². The lowest BCUT2D eigenvalue weighted by Gasteiger charge is -2.29. The van der Waals surface area contributed by atoms with Crippen LogP contribution in [0.2, 0.25) is 0 Å². The second-order valence-electron chi connectivity index (χ2n) is 6.36. The zero-order valence-corrected chi connectivity index (χ0v) is 13.2. The Kier molecular flexibility index (Phi) is 5.75. The first-order valence-electron chi connectivity index (χ1n) is 7.30. The van der Waals surface area contributed by atoms with Gasteiger partial charge in [0.25, 0.3) is 0 Å². The Labute approximate surface area is 122 Å². The summed E-state index contributed by atoms with van der Waals surface area (Å²) < 4.78 is 0. The van der Waals surface area contributed by atoms with E-state index in [2.05, 4.69) is 5.32 Å². The number of rotatable bonds is 6. The molecular formula is C17H27NO2. The minimum absolute atomic E-state index is 0.0212. The normalized spacial score (nSPS) is 16.0. The predicted octanol–water partition coefficient (Wildman–Crippen LogP) is 2.95. The van der Waals surface area contributed by atoms with E-state index in [1.165, 1.54) is 0 Å². The molecule has 1 aromatic rings. The zero-order valence-electron chi connectivity index (χ0n) is 13.2. The molecule has 0 aromatic heterocycles. The number of aliphatic hydroxyl groups is 1. The van der Waals surface area contributed by atoms with Crippen molar-refractivity contribution in [1.29, 1.82) is 0 Å². The van der Waals surface area contributed by atoms with Crippen LogP contribution in [0.25, 0.3) is 0 Å². The van der Waals surface area contributed by atoms with E-state index in [9.17, 15) is 9.90 Å². The average Bonchev–Trinajstić information content (AvgIpc) is 2.37. The molecule has 0 aliphatic heterocycles. The summed E-state index contributed by atoms with van der Waals surface area (Å²) in [7, 11) is 0. The van der Waals surface area contributed by atoms with Crippen molar-refractivity contribution in [1.82, 2.24) is 5.32 Å². The summed E-state index contributed by atoms with van der Waals surface area (Å²) >= 11 is 0. The molecule has 1 rings (SSSR count). The number of carbonyl (C=O) groups is 1. The third kappa shape index (κ3) is 4.34. The highest BCUT2D eigenvalue weighted by Crippen LogP contribution is 2.25. The maximum absolute atomic E-state index is 12.4. The van der Waals surface area contributed by atoms with E-state index in [1.807, 2.05) is 58.0 Å². The Morgan fingerprint density at radius 2 is 1.75 bits per heavy atom. The lowest BCUT2D eigenvalue weighted by molar-refractivity contribution is -0.125. The van der Waals surface area contributed by atoms with Crippen LogP contribution < -0.4 is 5.32 Å². The van der Waals surface area contributed by atoms with E-state index in [0.29, 0.717) is 0 Å². The van der Waals surface area contributed by atoms with Crippen molar-refractivity contribution in [3.63, 3.8) is 0 Å². The van der Waals surface area contributed by atoms with Crippen molar-refractivity contribution in [2.75, 3.05) is 6.54 Å². The fourth-order valence-corrected chi connectivity index (χ4v) is 2.08. The number of carbonyl (C=O) groups excluding carboxylic acids is 1. The summed E-state index contributed by atoms with van der Waals surface area (Å²) in [6.07, 6.45) is 0. The lowest BCUT2D eigenvalue weighted by atomic mass is 9.87. The van der Waals surface area contributed by atoms with Gasteiger partial charge in [-0.05, 0) is 24.3 Å². The molecule has 2 unspecified atom stereocenters. The maximum Gasteiger partial charge on any atom is 0.227 e. The van der Waals surface area contributed by atoms with Gasteiger partial charge in [0, 0.05) is 6.54 Å². The van der Waals surface area contributed by atoms with E-state index in [4.69, 9.17) is 0 Å². The second-order valence-corrected chi connectivity index (χ2v) is 6.36. The number of benzene rings is 1. The number of hydrogen-bond donors (Lipinski definition) is 2. The Morgan fingerprint density at radius 3 is 2.20 bits per heavy atom. The Morgan fingerprint density at radius 1 is 1.20 bits per heavy atom. The zero-order chi connectivity index (χ0) is 15.3. The molecule has 20 heavy (non-hydrogen) atoms. The van der Waals surface area contributed by atoms with Gasteiger partial charge in [-0.3, -0.25) is 4.79 Å². The van der Waals surface area contributed by atoms with Crippen LogP contribution in [0.3, 0.4) is 0 Å². The molecule has 0 saturated carbocycles. The first kappa shape index (κ1) is 16.7. The van der Waals surface area contributed by atoms with Gasteiger partial charge in [-0.25, -0.2) is 0 Å². The van der Waals surface area contributed by atoms with Crippen LogP contribution in [0.5, 0.6) is 0 Å². The molecule has 0 aliphatic rings. The van der Waals surface area contributed by atoms with Gasteiger partial charge in [0.1, 0.15) is 0 Å². The Balaban J connectivity index is 2.77. The first-order chi connectivity index (χ1) is 9.25. The van der Waals surface area contributed by atoms with Gasteiger partial charge in [0.05, 0.1) is 11.5 Å². The van der Waals surface area contributed by atoms with Crippen LogP contribution >= 0.6 is 0 Å². The van der Waals surface area contributed by atoms with Gasteiger partial charge < -0.3 is 10.4 Å². The minimum atomic E-state index is -0.881. The molecule has 112 valence electrons. The molecule has 0 saturated heterocycles. The highest BCUT2D eigenvalue weighted by atomic mass is 16.3. The monoisotopic (exact) mass is 277 g/mol. The van der Waals surface area contributed by atoms with Crippen LogP contribution in [-0.2, 0) is 4.79 Å². The molecule has 0 bridgehead atoms. The SMILES string of the molecule is CC(C)C(C(=O)NCC(C)(O)C(C)C)c1ccccc1. The van der Waals surface area contributed by atoms with Gasteiger partial charge in [0.2, 0.25) is 5.91 Å². The van der Waals surface area contributed by atoms with Gasteiger partial charge in [-0.1, -0.05) is 58.0 Å². The maximum atomic E-state index is 12.4. The van der Waals surface area contributed by atoms with Crippen LogP contribution in [0.15, 0.2) is 30.3 Å². The van der Waals surface area contributed by atoms with Crippen molar-refractivity contribution >= 4 is 5.91 Å². The third-order valence-electron chi connectivity index (χ3n) is 3.97. The third-order valence-corrected chi connectivity index (χ3v) is 3.97. The summed E-state index contributed by atoms with van der Waals surface area (Å²) in [5.74, 6) is 0.102. The first-order valence-corrected chi connectivity index (χ1v) is 7.30. The van der Waals surface area contributed by atoms with Crippen molar-refractivity contribution in [2.45, 2.75) is 46.1 Å². The van der Waals surface area contributed by atoms with Crippen molar-refractivity contribution in [2.24, 2.45) is 11.8 Å². The summed E-state index contributed by atoms with van der Waals surface area (Å²) in [4.78, 5) is 12.4. The fraction of sp³-hybridized carbons (Fsp3) is 0.588. The van der Waals surface area contributed by atoms with E-state index < -0.39 is 5.60 Å². The lowest BCUT2D eigenvalue weighted by Crippen LogP contribution is -2.46. The van der Waals surface area contributed by atoms with Crippen LogP contribution in [0.4, 0.5) is 0 Å². The van der Waals surface area contributed by atoms with Gasteiger partial charge in [-0.15, -0.1) is 0 Å². The van der Waals surface area contributed by atoms with E-state index in [0.717, 1.165) is 5.56 Å². The highest BCUT2D eigenvalue weighted by molar-refractivity contribution is 5.84. The Bertz CT molecular complexity index is 424. The molecule has 0 fully saturated rings. The van der Waals surface area contributed by atoms with E-state index >= 15 is 0 Å². The Hall–Kier alpha value is -1.35. The minimum Gasteiger partial charge on any atom is -0.388 e. The molecule has 0 spiro atoms. The van der Waals surface area contributed by atoms with Crippen LogP contribution in [0, 0.1) is 11.8 Å². The van der Waals surface area contributed by atoms with E-state index in [-0.39, 0.29) is 30.2 Å². The van der Waals surface area contributed by atoms with Crippen molar-refractivity contribution < 1.29 is 9.90 Å². The molecule has 1 aromatic carbocycles. The van der Waals surface area contributed by atoms with Gasteiger partial charge >= 0.3 is 0 Å². The molecule has 3 nitrogen and oxygen atoms in total. The molecule has 3 heteroatoms. The summed E-state index contributed by atoms with van der Waals surface area (Å²) in [5, 5.41) is 13.1. The molecule has 0 radical (unpaired) electrons. The molecule has 2 atom stereocenters. The van der Waals surface area contributed by atoms with Gasteiger partial charge in [-0.2, -0.15) is 0 Å². The standard InChI is InChI=1S/C17H27NO2/c1-12(2)15(14-9-7-6-8-10-14)16(19)18-11-17(5,20)13(3)4/h6-10,12-13,15,20H,11H2,1-5H3,(H,18,19). The summed E-state index contributed by atoms with van der Waals surface area (Å²) in [5.41, 5.74) is 0.137. The number of hydrogen-bond acceptors (Lipinski definition) is 2. The second kappa shape index (κ2) is 6.89. The van der Waals surface area contributed by atoms with Crippen LogP contribution in [0.1, 0.15) is 46.1 Å². The molecule has 0 heterocycles. The quantitative estimate of drug-likeness (QED) is 0.840. The van der Waals surface area contributed by atoms with Crippen LogP contribution in [-0.4, -0.2) is 23.2 Å². The summed E-state index contributed by atoms with van der Waals surface area (Å²) in [6.45, 7) is 10.0. The number of amides is 1. The topological polar surface area (TPSA) is 49.3 Å². The van der Waals surface area contributed by atoms with Crippen molar-refractivity contribution in [3.05, 3.63) is 35.9 Å². The largest absolute Gasteiger partial charge is 0.388 e. The smallest absolute Gasteiger partial charge is 0.227 e. The van der Waals surface area contributed by atoms with Gasteiger partial charge in [0.15, 0.2) is 0 Å². The molecule has 2 N–H and O–H groups in total. The van der Waals surface area contributed by atoms with E-state index in [1.54, 1.807) is 6.92 Å². The molecule has 0 aliphatic carbocycles. The number of nitrogens with one attached hydrogen (secondary N) is 1. The summed E-state index contributed by atoms with van der Waals surface area (Å²) in [6, 6.07) is 9.79. The molecular weight excluding hydrogens is 250 g/mol. The highest BCUT2D eigenvalue weighted by Gasteiger charge is 2.29. The predicted molar refractivity (Wildman–Crippen MR) is 82.5 cm³/mol. The fourth-order valence-electron chi connectivity index (χ4n) is 2.08. The average molecular weight is 277 g/mol. The molecule has 1 amide bonds.